The maximum Gasteiger partial charge on any atom is 0.126 e. The summed E-state index contributed by atoms with van der Waals surface area (Å²) in [6.45, 7) is 4.92. The summed E-state index contributed by atoms with van der Waals surface area (Å²) in [5, 5.41) is 0. The van der Waals surface area contributed by atoms with Gasteiger partial charge in [0.2, 0.25) is 0 Å². The Balaban J connectivity index is 1.65. The number of rotatable bonds is 4. The fourth-order valence-corrected chi connectivity index (χ4v) is 7.97. The van der Waals surface area contributed by atoms with E-state index >= 15 is 0 Å². The molecule has 0 N–H and O–H groups in total. The summed E-state index contributed by atoms with van der Waals surface area (Å²) in [6, 6.07) is 0. The van der Waals surface area contributed by atoms with Crippen molar-refractivity contribution < 1.29 is 9.59 Å². The zero-order chi connectivity index (χ0) is 17.7. The van der Waals surface area contributed by atoms with Crippen LogP contribution in [0.1, 0.15) is 78.1 Å². The van der Waals surface area contributed by atoms with Crippen LogP contribution in [-0.4, -0.2) is 12.6 Å². The van der Waals surface area contributed by atoms with E-state index in [0.717, 1.165) is 36.9 Å². The van der Waals surface area contributed by atoms with Crippen molar-refractivity contribution >= 4 is 12.6 Å². The summed E-state index contributed by atoms with van der Waals surface area (Å²) in [6.07, 6.45) is 18.6. The Morgan fingerprint density at radius 2 is 1.80 bits per heavy atom. The quantitative estimate of drug-likeness (QED) is 0.509. The van der Waals surface area contributed by atoms with Crippen LogP contribution in [0.2, 0.25) is 0 Å². The Labute approximate surface area is 152 Å². The van der Waals surface area contributed by atoms with Gasteiger partial charge in [-0.1, -0.05) is 26.0 Å². The molecule has 3 fully saturated rings. The molecule has 4 aliphatic rings. The SMILES string of the molecule is C[C@]12C=CCCC1CC[C@@H]1[C@@H]2CC[C@@]2(C)[C@H]1CC[C@]2(C=O)CCC=O. The first-order valence-electron chi connectivity index (χ1n) is 10.6. The zero-order valence-electron chi connectivity index (χ0n) is 16.0. The molecule has 138 valence electrons. The second kappa shape index (κ2) is 6.06. The van der Waals surface area contributed by atoms with Gasteiger partial charge in [-0.3, -0.25) is 0 Å². The minimum atomic E-state index is -0.246. The van der Waals surface area contributed by atoms with Crippen LogP contribution >= 0.6 is 0 Å². The lowest BCUT2D eigenvalue weighted by molar-refractivity contribution is -0.134. The topological polar surface area (TPSA) is 34.1 Å². The van der Waals surface area contributed by atoms with Crippen molar-refractivity contribution in [3.63, 3.8) is 0 Å². The van der Waals surface area contributed by atoms with E-state index in [1.165, 1.54) is 51.2 Å². The van der Waals surface area contributed by atoms with Crippen LogP contribution in [0.4, 0.5) is 0 Å². The molecule has 0 saturated heterocycles. The third-order valence-corrected chi connectivity index (χ3v) is 9.49. The molecule has 2 nitrogen and oxygen atoms in total. The molecule has 0 aromatic carbocycles. The van der Waals surface area contributed by atoms with Gasteiger partial charge in [0.15, 0.2) is 0 Å². The van der Waals surface area contributed by atoms with Gasteiger partial charge in [0, 0.05) is 11.8 Å². The summed E-state index contributed by atoms with van der Waals surface area (Å²) in [5.41, 5.74) is 0.252. The van der Waals surface area contributed by atoms with Crippen molar-refractivity contribution in [2.24, 2.45) is 39.9 Å². The van der Waals surface area contributed by atoms with E-state index in [2.05, 4.69) is 26.0 Å². The number of allylic oxidation sites excluding steroid dienone is 2. The molecular formula is C23H34O2. The summed E-state index contributed by atoms with van der Waals surface area (Å²) >= 11 is 0. The standard InChI is InChI=1S/C23H34O2/c1-21-11-4-3-6-17(21)7-8-18-19(21)9-13-22(2)20(18)10-14-23(22,16-25)12-5-15-24/h4,11,15-20H,3,5-10,12-14H2,1-2H3/t17?,18-,19+,20+,21+,22+,23+/m1/s1. The van der Waals surface area contributed by atoms with E-state index in [-0.39, 0.29) is 10.8 Å². The first-order valence-corrected chi connectivity index (χ1v) is 10.6. The van der Waals surface area contributed by atoms with Crippen molar-refractivity contribution in [1.29, 1.82) is 0 Å². The number of fused-ring (bicyclic) bond motifs is 5. The predicted octanol–water partition coefficient (Wildman–Crippen LogP) is 5.36. The van der Waals surface area contributed by atoms with Crippen LogP contribution in [0.15, 0.2) is 12.2 Å². The van der Waals surface area contributed by atoms with Gasteiger partial charge in [-0.2, -0.15) is 0 Å². The molecule has 0 radical (unpaired) electrons. The molecular weight excluding hydrogens is 308 g/mol. The summed E-state index contributed by atoms with van der Waals surface area (Å²) in [4.78, 5) is 23.2. The monoisotopic (exact) mass is 342 g/mol. The smallest absolute Gasteiger partial charge is 0.126 e. The van der Waals surface area contributed by atoms with Gasteiger partial charge in [0.25, 0.3) is 0 Å². The van der Waals surface area contributed by atoms with Gasteiger partial charge in [0.05, 0.1) is 0 Å². The Hall–Kier alpha value is -0.920. The first kappa shape index (κ1) is 17.5. The molecule has 3 saturated carbocycles. The summed E-state index contributed by atoms with van der Waals surface area (Å²) in [7, 11) is 0. The van der Waals surface area contributed by atoms with Gasteiger partial charge in [-0.05, 0) is 92.3 Å². The first-order chi connectivity index (χ1) is 12.0. The highest BCUT2D eigenvalue weighted by molar-refractivity contribution is 5.63. The Kier molecular flexibility index (Phi) is 4.24. The average molecular weight is 343 g/mol. The highest BCUT2D eigenvalue weighted by Gasteiger charge is 2.63. The van der Waals surface area contributed by atoms with Crippen molar-refractivity contribution in [3.05, 3.63) is 12.2 Å². The molecule has 0 bridgehead atoms. The molecule has 25 heavy (non-hydrogen) atoms. The highest BCUT2D eigenvalue weighted by atomic mass is 16.1. The minimum absolute atomic E-state index is 0.112. The molecule has 0 aliphatic heterocycles. The van der Waals surface area contributed by atoms with E-state index in [9.17, 15) is 9.59 Å². The molecule has 0 heterocycles. The number of carbonyl (C=O) groups is 2. The minimum Gasteiger partial charge on any atom is -0.303 e. The van der Waals surface area contributed by atoms with Gasteiger partial charge < -0.3 is 9.59 Å². The fourth-order valence-electron chi connectivity index (χ4n) is 7.97. The van der Waals surface area contributed by atoms with Crippen LogP contribution < -0.4 is 0 Å². The molecule has 2 heteroatoms. The molecule has 0 spiro atoms. The van der Waals surface area contributed by atoms with Gasteiger partial charge >= 0.3 is 0 Å². The van der Waals surface area contributed by atoms with Crippen molar-refractivity contribution in [3.8, 4) is 0 Å². The van der Waals surface area contributed by atoms with Crippen molar-refractivity contribution in [2.75, 3.05) is 0 Å². The lowest BCUT2D eigenvalue weighted by Crippen LogP contribution is -2.54. The average Bonchev–Trinajstić information content (AvgIpc) is 2.92. The molecule has 4 rings (SSSR count). The van der Waals surface area contributed by atoms with Gasteiger partial charge in [0.1, 0.15) is 12.6 Å². The summed E-state index contributed by atoms with van der Waals surface area (Å²) < 4.78 is 0. The van der Waals surface area contributed by atoms with E-state index in [1.54, 1.807) is 0 Å². The molecule has 0 aromatic heterocycles. The van der Waals surface area contributed by atoms with E-state index in [0.29, 0.717) is 17.8 Å². The van der Waals surface area contributed by atoms with Crippen molar-refractivity contribution in [1.82, 2.24) is 0 Å². The molecule has 4 aliphatic carbocycles. The third-order valence-electron chi connectivity index (χ3n) is 9.49. The Morgan fingerprint density at radius 1 is 1.00 bits per heavy atom. The maximum absolute atomic E-state index is 12.2. The van der Waals surface area contributed by atoms with E-state index < -0.39 is 0 Å². The maximum atomic E-state index is 12.2. The van der Waals surface area contributed by atoms with Crippen LogP contribution in [0, 0.1) is 39.9 Å². The highest BCUT2D eigenvalue weighted by Crippen LogP contribution is 2.70. The second-order valence-electron chi connectivity index (χ2n) is 9.97. The van der Waals surface area contributed by atoms with Crippen LogP contribution in [0.5, 0.6) is 0 Å². The zero-order valence-corrected chi connectivity index (χ0v) is 16.0. The van der Waals surface area contributed by atoms with Gasteiger partial charge in [-0.25, -0.2) is 0 Å². The Morgan fingerprint density at radius 3 is 2.56 bits per heavy atom. The normalized spacial score (nSPS) is 51.3. The Bertz CT molecular complexity index is 581. The third kappa shape index (κ3) is 2.28. The van der Waals surface area contributed by atoms with Crippen LogP contribution in [0.3, 0.4) is 0 Å². The van der Waals surface area contributed by atoms with E-state index in [1.807, 2.05) is 0 Å². The number of hydrogen-bond acceptors (Lipinski definition) is 2. The second-order valence-corrected chi connectivity index (χ2v) is 9.97. The van der Waals surface area contributed by atoms with Crippen molar-refractivity contribution in [2.45, 2.75) is 78.1 Å². The van der Waals surface area contributed by atoms with E-state index in [4.69, 9.17) is 0 Å². The number of carbonyl (C=O) groups excluding carboxylic acids is 2. The summed E-state index contributed by atoms with van der Waals surface area (Å²) in [5.74, 6) is 3.13. The number of aldehydes is 2. The molecule has 7 atom stereocenters. The molecule has 0 amide bonds. The lowest BCUT2D eigenvalue weighted by atomic mass is 9.44. The fraction of sp³-hybridized carbons (Fsp3) is 0.826. The van der Waals surface area contributed by atoms with Crippen LogP contribution in [0.25, 0.3) is 0 Å². The molecule has 1 unspecified atom stereocenters. The van der Waals surface area contributed by atoms with Crippen LogP contribution in [-0.2, 0) is 9.59 Å². The lowest BCUT2D eigenvalue weighted by Gasteiger charge is -2.60. The number of hydrogen-bond donors (Lipinski definition) is 0. The van der Waals surface area contributed by atoms with Gasteiger partial charge in [-0.15, -0.1) is 0 Å². The predicted molar refractivity (Wildman–Crippen MR) is 100 cm³/mol. The largest absolute Gasteiger partial charge is 0.303 e. The molecule has 0 aromatic rings.